The van der Waals surface area contributed by atoms with Gasteiger partial charge in [-0.3, -0.25) is 4.79 Å². The SMILES string of the molecule is O=C(Cn1nnc(-c2ccccc2)n1)NC(CCO)C1CC1. The van der Waals surface area contributed by atoms with Crippen molar-refractivity contribution in [2.24, 2.45) is 5.92 Å². The maximum absolute atomic E-state index is 12.1. The number of amides is 1. The van der Waals surface area contributed by atoms with Crippen molar-refractivity contribution in [1.29, 1.82) is 0 Å². The molecule has 1 unspecified atom stereocenters. The van der Waals surface area contributed by atoms with E-state index in [4.69, 9.17) is 5.11 Å². The van der Waals surface area contributed by atoms with Crippen LogP contribution < -0.4 is 5.32 Å². The summed E-state index contributed by atoms with van der Waals surface area (Å²) in [5.41, 5.74) is 0.866. The molecule has 1 saturated carbocycles. The second-order valence-corrected chi connectivity index (χ2v) is 5.53. The van der Waals surface area contributed by atoms with Gasteiger partial charge in [-0.05, 0) is 30.4 Å². The lowest BCUT2D eigenvalue weighted by molar-refractivity contribution is -0.123. The number of tetrazole rings is 1. The zero-order chi connectivity index (χ0) is 15.4. The Kier molecular flexibility index (Phi) is 4.43. The summed E-state index contributed by atoms with van der Waals surface area (Å²) in [5.74, 6) is 0.851. The average Bonchev–Trinajstić information content (AvgIpc) is 3.28. The predicted octanol–water partition coefficient (Wildman–Crippen LogP) is 0.617. The normalized spacial score (nSPS) is 15.5. The monoisotopic (exact) mass is 301 g/mol. The molecule has 1 heterocycles. The molecule has 7 nitrogen and oxygen atoms in total. The zero-order valence-corrected chi connectivity index (χ0v) is 12.2. The fourth-order valence-electron chi connectivity index (χ4n) is 2.46. The number of hydrogen-bond donors (Lipinski definition) is 2. The van der Waals surface area contributed by atoms with E-state index in [1.54, 1.807) is 0 Å². The van der Waals surface area contributed by atoms with Gasteiger partial charge in [-0.15, -0.1) is 10.2 Å². The van der Waals surface area contributed by atoms with Gasteiger partial charge < -0.3 is 10.4 Å². The second kappa shape index (κ2) is 6.65. The lowest BCUT2D eigenvalue weighted by Gasteiger charge is -2.16. The van der Waals surface area contributed by atoms with E-state index in [-0.39, 0.29) is 25.1 Å². The standard InChI is InChI=1S/C15H19N5O2/c21-9-8-13(11-6-7-11)16-14(22)10-20-18-15(17-19-20)12-4-2-1-3-5-12/h1-5,11,13,21H,6-10H2,(H,16,22). The zero-order valence-electron chi connectivity index (χ0n) is 12.2. The lowest BCUT2D eigenvalue weighted by Crippen LogP contribution is -2.39. The molecule has 2 aromatic rings. The third-order valence-corrected chi connectivity index (χ3v) is 3.75. The molecular formula is C15H19N5O2. The van der Waals surface area contributed by atoms with Crippen molar-refractivity contribution in [3.63, 3.8) is 0 Å². The van der Waals surface area contributed by atoms with Gasteiger partial charge in [-0.25, -0.2) is 0 Å². The summed E-state index contributed by atoms with van der Waals surface area (Å²) in [5, 5.41) is 24.1. The van der Waals surface area contributed by atoms with Gasteiger partial charge in [-0.1, -0.05) is 30.3 Å². The molecule has 3 rings (SSSR count). The van der Waals surface area contributed by atoms with Gasteiger partial charge in [0.2, 0.25) is 11.7 Å². The molecule has 0 spiro atoms. The molecule has 0 bridgehead atoms. The topological polar surface area (TPSA) is 92.9 Å². The van der Waals surface area contributed by atoms with Gasteiger partial charge in [0.25, 0.3) is 0 Å². The van der Waals surface area contributed by atoms with E-state index >= 15 is 0 Å². The Morgan fingerprint density at radius 2 is 2.14 bits per heavy atom. The Labute approximate surface area is 128 Å². The number of aliphatic hydroxyl groups is 1. The van der Waals surface area contributed by atoms with Gasteiger partial charge >= 0.3 is 0 Å². The molecule has 2 N–H and O–H groups in total. The van der Waals surface area contributed by atoms with E-state index in [1.165, 1.54) is 4.80 Å². The molecule has 0 saturated heterocycles. The molecule has 1 aliphatic carbocycles. The second-order valence-electron chi connectivity index (χ2n) is 5.53. The molecule has 1 fully saturated rings. The molecule has 0 aliphatic heterocycles. The molecule has 0 radical (unpaired) electrons. The summed E-state index contributed by atoms with van der Waals surface area (Å²) in [6.45, 7) is 0.121. The van der Waals surface area contributed by atoms with Crippen LogP contribution in [0.5, 0.6) is 0 Å². The molecule has 1 atom stereocenters. The van der Waals surface area contributed by atoms with Crippen molar-refractivity contribution in [2.75, 3.05) is 6.61 Å². The van der Waals surface area contributed by atoms with Crippen LogP contribution in [0.15, 0.2) is 30.3 Å². The number of carbonyl (C=O) groups is 1. The van der Waals surface area contributed by atoms with E-state index < -0.39 is 0 Å². The van der Waals surface area contributed by atoms with Gasteiger partial charge in [-0.2, -0.15) is 4.80 Å². The van der Waals surface area contributed by atoms with Crippen LogP contribution in [0.25, 0.3) is 11.4 Å². The van der Waals surface area contributed by atoms with Crippen LogP contribution in [0.3, 0.4) is 0 Å². The van der Waals surface area contributed by atoms with Crippen LogP contribution in [-0.2, 0) is 11.3 Å². The minimum atomic E-state index is -0.151. The van der Waals surface area contributed by atoms with Crippen LogP contribution in [0.4, 0.5) is 0 Å². The van der Waals surface area contributed by atoms with Crippen molar-refractivity contribution in [2.45, 2.75) is 31.8 Å². The highest BCUT2D eigenvalue weighted by atomic mass is 16.3. The first-order valence-electron chi connectivity index (χ1n) is 7.49. The van der Waals surface area contributed by atoms with Crippen LogP contribution in [0.1, 0.15) is 19.3 Å². The smallest absolute Gasteiger partial charge is 0.243 e. The summed E-state index contributed by atoms with van der Waals surface area (Å²) in [7, 11) is 0. The highest BCUT2D eigenvalue weighted by Crippen LogP contribution is 2.33. The van der Waals surface area contributed by atoms with Crippen molar-refractivity contribution < 1.29 is 9.90 Å². The van der Waals surface area contributed by atoms with Crippen LogP contribution in [0.2, 0.25) is 0 Å². The molecule has 1 aromatic carbocycles. The highest BCUT2D eigenvalue weighted by molar-refractivity contribution is 5.76. The van der Waals surface area contributed by atoms with Crippen LogP contribution in [0, 0.1) is 5.92 Å². The number of hydrogen-bond acceptors (Lipinski definition) is 5. The molecule has 1 amide bonds. The van der Waals surface area contributed by atoms with E-state index in [1.807, 2.05) is 30.3 Å². The first-order chi connectivity index (χ1) is 10.8. The van der Waals surface area contributed by atoms with Gasteiger partial charge in [0.15, 0.2) is 0 Å². The maximum atomic E-state index is 12.1. The Morgan fingerprint density at radius 1 is 1.36 bits per heavy atom. The Balaban J connectivity index is 1.59. The Bertz CT molecular complexity index is 624. The van der Waals surface area contributed by atoms with Crippen LogP contribution >= 0.6 is 0 Å². The minimum absolute atomic E-state index is 0.0362. The van der Waals surface area contributed by atoms with E-state index in [9.17, 15) is 4.79 Å². The highest BCUT2D eigenvalue weighted by Gasteiger charge is 2.31. The first-order valence-corrected chi connectivity index (χ1v) is 7.49. The fraction of sp³-hybridized carbons (Fsp3) is 0.467. The largest absolute Gasteiger partial charge is 0.396 e. The average molecular weight is 301 g/mol. The van der Waals surface area contributed by atoms with Crippen LogP contribution in [-0.4, -0.2) is 43.9 Å². The molecule has 1 aliphatic rings. The van der Waals surface area contributed by atoms with E-state index in [2.05, 4.69) is 20.7 Å². The van der Waals surface area contributed by atoms with Crippen molar-refractivity contribution >= 4 is 5.91 Å². The lowest BCUT2D eigenvalue weighted by atomic mass is 10.1. The van der Waals surface area contributed by atoms with E-state index in [0.717, 1.165) is 18.4 Å². The first kappa shape index (κ1) is 14.6. The number of nitrogens with zero attached hydrogens (tertiary/aromatic N) is 4. The Morgan fingerprint density at radius 3 is 2.82 bits per heavy atom. The van der Waals surface area contributed by atoms with Gasteiger partial charge in [0.05, 0.1) is 0 Å². The van der Waals surface area contributed by atoms with Gasteiger partial charge in [0.1, 0.15) is 6.54 Å². The van der Waals surface area contributed by atoms with Crippen molar-refractivity contribution in [3.05, 3.63) is 30.3 Å². The molecular weight excluding hydrogens is 282 g/mol. The maximum Gasteiger partial charge on any atom is 0.243 e. The quantitative estimate of drug-likeness (QED) is 0.782. The third kappa shape index (κ3) is 3.67. The summed E-state index contributed by atoms with van der Waals surface area (Å²) < 4.78 is 0. The van der Waals surface area contributed by atoms with Crippen molar-refractivity contribution in [3.8, 4) is 11.4 Å². The molecule has 116 valence electrons. The third-order valence-electron chi connectivity index (χ3n) is 3.75. The minimum Gasteiger partial charge on any atom is -0.396 e. The molecule has 1 aromatic heterocycles. The number of benzene rings is 1. The number of rotatable bonds is 7. The van der Waals surface area contributed by atoms with Gasteiger partial charge in [0, 0.05) is 18.2 Å². The summed E-state index contributed by atoms with van der Waals surface area (Å²) in [6.07, 6.45) is 2.83. The number of nitrogens with one attached hydrogen (secondary N) is 1. The van der Waals surface area contributed by atoms with E-state index in [0.29, 0.717) is 18.2 Å². The fourth-order valence-corrected chi connectivity index (χ4v) is 2.46. The van der Waals surface area contributed by atoms with Crippen molar-refractivity contribution in [1.82, 2.24) is 25.5 Å². The predicted molar refractivity (Wildman–Crippen MR) is 79.6 cm³/mol. The molecule has 7 heteroatoms. The number of aromatic nitrogens is 4. The summed E-state index contributed by atoms with van der Waals surface area (Å²) in [6, 6.07) is 9.56. The summed E-state index contributed by atoms with van der Waals surface area (Å²) >= 11 is 0. The summed E-state index contributed by atoms with van der Waals surface area (Å²) in [4.78, 5) is 13.3. The number of carbonyl (C=O) groups excluding carboxylic acids is 1. The Hall–Kier alpha value is -2.28. The number of aliphatic hydroxyl groups excluding tert-OH is 1. The molecule has 22 heavy (non-hydrogen) atoms.